The summed E-state index contributed by atoms with van der Waals surface area (Å²) in [5.41, 5.74) is -0.0856. The number of amides is 1. The molecule has 94 valence electrons. The minimum atomic E-state index is -1.13. The zero-order valence-electron chi connectivity index (χ0n) is 9.46. The smallest absolute Gasteiger partial charge is 0.353 e. The van der Waals surface area contributed by atoms with E-state index >= 15 is 0 Å². The number of carboxylic acids is 1. The number of likely N-dealkylation sites (N-methyl/N-ethyl adjacent to an activating group) is 1. The van der Waals surface area contributed by atoms with E-state index in [1.54, 1.807) is 11.9 Å². The molecule has 0 spiro atoms. The maximum atomic E-state index is 12.0. The average molecular weight is 258 g/mol. The van der Waals surface area contributed by atoms with Crippen molar-refractivity contribution in [3.63, 3.8) is 0 Å². The molecule has 2 unspecified atom stereocenters. The van der Waals surface area contributed by atoms with Crippen molar-refractivity contribution >= 4 is 29.4 Å². The molecule has 1 amide bonds. The van der Waals surface area contributed by atoms with Gasteiger partial charge in [0.2, 0.25) is 6.10 Å². The highest BCUT2D eigenvalue weighted by atomic mass is 32.2. The van der Waals surface area contributed by atoms with Gasteiger partial charge in [0, 0.05) is 25.3 Å². The van der Waals surface area contributed by atoms with Crippen molar-refractivity contribution in [1.29, 1.82) is 0 Å². The molecule has 0 aromatic carbocycles. The predicted octanol–water partition coefficient (Wildman–Crippen LogP) is 0.180. The van der Waals surface area contributed by atoms with Gasteiger partial charge < -0.3 is 14.8 Å². The Balaban J connectivity index is 1.91. The standard InChI is InChI=1S/C10H14N2O4S/c1-12(6-2-3-17-5-6)9(13)8-4-7(10(14)15)11-16-8/h6,8H,2-5H2,1H3,(H,14,15). The minimum absolute atomic E-state index is 0.0539. The van der Waals surface area contributed by atoms with Crippen molar-refractivity contribution in [2.24, 2.45) is 5.16 Å². The fourth-order valence-electron chi connectivity index (χ4n) is 1.87. The zero-order chi connectivity index (χ0) is 12.4. The van der Waals surface area contributed by atoms with Gasteiger partial charge in [-0.05, 0) is 12.2 Å². The van der Waals surface area contributed by atoms with Gasteiger partial charge in [0.25, 0.3) is 5.91 Å². The summed E-state index contributed by atoms with van der Waals surface area (Å²) >= 11 is 1.82. The Kier molecular flexibility index (Phi) is 3.56. The van der Waals surface area contributed by atoms with Crippen LogP contribution in [-0.2, 0) is 14.4 Å². The number of hydrogen-bond donors (Lipinski definition) is 1. The Morgan fingerprint density at radius 2 is 2.35 bits per heavy atom. The molecule has 1 fully saturated rings. The topological polar surface area (TPSA) is 79.2 Å². The van der Waals surface area contributed by atoms with Crippen LogP contribution in [0.5, 0.6) is 0 Å². The van der Waals surface area contributed by atoms with Crippen molar-refractivity contribution in [2.45, 2.75) is 25.0 Å². The molecule has 2 rings (SSSR count). The van der Waals surface area contributed by atoms with Gasteiger partial charge in [-0.1, -0.05) is 5.16 Å². The number of oxime groups is 1. The van der Waals surface area contributed by atoms with E-state index in [4.69, 9.17) is 9.94 Å². The summed E-state index contributed by atoms with van der Waals surface area (Å²) in [6.07, 6.45) is 0.265. The van der Waals surface area contributed by atoms with E-state index in [1.807, 2.05) is 11.8 Å². The van der Waals surface area contributed by atoms with Crippen molar-refractivity contribution in [1.82, 2.24) is 4.90 Å². The van der Waals surface area contributed by atoms with E-state index in [-0.39, 0.29) is 24.1 Å². The summed E-state index contributed by atoms with van der Waals surface area (Å²) in [6, 6.07) is 0.227. The fraction of sp³-hybridized carbons (Fsp3) is 0.700. The van der Waals surface area contributed by atoms with E-state index in [9.17, 15) is 9.59 Å². The van der Waals surface area contributed by atoms with E-state index in [2.05, 4.69) is 5.16 Å². The largest absolute Gasteiger partial charge is 0.477 e. The first kappa shape index (κ1) is 12.2. The van der Waals surface area contributed by atoms with Crippen LogP contribution in [0.4, 0.5) is 0 Å². The highest BCUT2D eigenvalue weighted by Crippen LogP contribution is 2.23. The highest BCUT2D eigenvalue weighted by Gasteiger charge is 2.36. The van der Waals surface area contributed by atoms with Crippen molar-refractivity contribution in [3.05, 3.63) is 0 Å². The molecule has 0 aromatic rings. The Bertz CT molecular complexity index is 365. The van der Waals surface area contributed by atoms with Gasteiger partial charge in [0.15, 0.2) is 5.71 Å². The second kappa shape index (κ2) is 4.95. The summed E-state index contributed by atoms with van der Waals surface area (Å²) < 4.78 is 0. The summed E-state index contributed by atoms with van der Waals surface area (Å²) in [6.45, 7) is 0. The SMILES string of the molecule is CN(C(=O)C1CC(C(=O)O)=NO1)C1CCSC1. The Hall–Kier alpha value is -1.24. The molecule has 1 N–H and O–H groups in total. The van der Waals surface area contributed by atoms with E-state index in [1.165, 1.54) is 0 Å². The van der Waals surface area contributed by atoms with Crippen molar-refractivity contribution < 1.29 is 19.5 Å². The van der Waals surface area contributed by atoms with Gasteiger partial charge >= 0.3 is 5.97 Å². The van der Waals surface area contributed by atoms with Crippen molar-refractivity contribution in [2.75, 3.05) is 18.6 Å². The Morgan fingerprint density at radius 3 is 2.88 bits per heavy atom. The number of thioether (sulfide) groups is 1. The number of carbonyl (C=O) groups excluding carboxylic acids is 1. The molecule has 2 aliphatic heterocycles. The van der Waals surface area contributed by atoms with Crippen LogP contribution >= 0.6 is 11.8 Å². The second-order valence-corrected chi connectivity index (χ2v) is 5.26. The van der Waals surface area contributed by atoms with Crippen LogP contribution in [0.25, 0.3) is 0 Å². The maximum Gasteiger partial charge on any atom is 0.353 e. The summed E-state index contributed by atoms with van der Waals surface area (Å²) in [5, 5.41) is 12.1. The first-order valence-corrected chi connectivity index (χ1v) is 6.55. The molecule has 17 heavy (non-hydrogen) atoms. The van der Waals surface area contributed by atoms with Gasteiger partial charge in [-0.3, -0.25) is 4.79 Å². The second-order valence-electron chi connectivity index (χ2n) is 4.11. The summed E-state index contributed by atoms with van der Waals surface area (Å²) in [5.74, 6) is 0.684. The lowest BCUT2D eigenvalue weighted by atomic mass is 10.1. The molecule has 7 heteroatoms. The Morgan fingerprint density at radius 1 is 1.59 bits per heavy atom. The van der Waals surface area contributed by atoms with Crippen LogP contribution in [0.1, 0.15) is 12.8 Å². The molecule has 0 bridgehead atoms. The third-order valence-corrected chi connectivity index (χ3v) is 4.14. The molecule has 2 aliphatic rings. The molecule has 0 aliphatic carbocycles. The zero-order valence-corrected chi connectivity index (χ0v) is 10.3. The lowest BCUT2D eigenvalue weighted by molar-refractivity contribution is -0.142. The quantitative estimate of drug-likeness (QED) is 0.781. The minimum Gasteiger partial charge on any atom is -0.477 e. The van der Waals surface area contributed by atoms with Gasteiger partial charge in [-0.15, -0.1) is 0 Å². The van der Waals surface area contributed by atoms with Gasteiger partial charge in [-0.2, -0.15) is 11.8 Å². The molecule has 0 aromatic heterocycles. The fourth-order valence-corrected chi connectivity index (χ4v) is 3.14. The van der Waals surface area contributed by atoms with Crippen LogP contribution in [-0.4, -0.2) is 58.3 Å². The van der Waals surface area contributed by atoms with Gasteiger partial charge in [0.05, 0.1) is 0 Å². The first-order chi connectivity index (χ1) is 8.09. The highest BCUT2D eigenvalue weighted by molar-refractivity contribution is 7.99. The average Bonchev–Trinajstić information content (AvgIpc) is 2.97. The number of nitrogens with zero attached hydrogens (tertiary/aromatic N) is 2. The first-order valence-electron chi connectivity index (χ1n) is 5.40. The number of carboxylic acid groups (broad SMARTS) is 1. The van der Waals surface area contributed by atoms with Gasteiger partial charge in [0.1, 0.15) is 0 Å². The monoisotopic (exact) mass is 258 g/mol. The van der Waals surface area contributed by atoms with Gasteiger partial charge in [-0.25, -0.2) is 4.79 Å². The molecular weight excluding hydrogens is 244 g/mol. The number of carbonyl (C=O) groups is 2. The molecule has 0 saturated carbocycles. The summed E-state index contributed by atoms with van der Waals surface area (Å²) in [7, 11) is 1.74. The van der Waals surface area contributed by atoms with E-state index < -0.39 is 12.1 Å². The summed E-state index contributed by atoms with van der Waals surface area (Å²) in [4.78, 5) is 29.2. The lowest BCUT2D eigenvalue weighted by Gasteiger charge is -2.25. The maximum absolute atomic E-state index is 12.0. The third-order valence-electron chi connectivity index (χ3n) is 2.99. The van der Waals surface area contributed by atoms with E-state index in [0.29, 0.717) is 0 Å². The molecule has 0 radical (unpaired) electrons. The van der Waals surface area contributed by atoms with Crippen LogP contribution < -0.4 is 0 Å². The number of hydrogen-bond acceptors (Lipinski definition) is 5. The molecule has 6 nitrogen and oxygen atoms in total. The van der Waals surface area contributed by atoms with Crippen LogP contribution in [0.3, 0.4) is 0 Å². The van der Waals surface area contributed by atoms with Crippen LogP contribution in [0.2, 0.25) is 0 Å². The molecule has 2 atom stereocenters. The normalized spacial score (nSPS) is 27.5. The number of aliphatic carboxylic acids is 1. The Labute approximate surface area is 103 Å². The molecular formula is C10H14N2O4S. The molecule has 2 heterocycles. The number of rotatable bonds is 3. The van der Waals surface area contributed by atoms with E-state index in [0.717, 1.165) is 17.9 Å². The predicted molar refractivity (Wildman–Crippen MR) is 63.1 cm³/mol. The van der Waals surface area contributed by atoms with Crippen LogP contribution in [0, 0.1) is 0 Å². The van der Waals surface area contributed by atoms with Crippen molar-refractivity contribution in [3.8, 4) is 0 Å². The lowest BCUT2D eigenvalue weighted by Crippen LogP contribution is -2.43. The third kappa shape index (κ3) is 2.54. The molecule has 1 saturated heterocycles. The van der Waals surface area contributed by atoms with Crippen LogP contribution in [0.15, 0.2) is 5.16 Å².